The van der Waals surface area contributed by atoms with E-state index in [-0.39, 0.29) is 13.2 Å². The smallest absolute Gasteiger partial charge is 0.358 e. The standard InChI is InChI=1S/C31H34F2N2O4S/c1-35(2)30-34-26-28(37-20-23-14-8-4-9-15-23)27(36-19-22-12-6-3-7-13-22)25(39-29(26)40-30)18-31(32,33)38-21-24-16-10-5-11-17-24/h3-17,25-29H,18-21H2,1-2H3/t25-,26+,27-,28+,29+/m0/s1. The summed E-state index contributed by atoms with van der Waals surface area (Å²) in [5.41, 5.74) is 2.09. The monoisotopic (exact) mass is 568 g/mol. The zero-order valence-electron chi connectivity index (χ0n) is 22.6. The molecular weight excluding hydrogens is 534 g/mol. The highest BCUT2D eigenvalue weighted by molar-refractivity contribution is 8.14. The SMILES string of the molecule is CN(C)C1=N[C@@H]2[C@@H](OCc3ccccc3)[C@@H](OCc3ccccc3)[C@H](CC(F)(F)OCc3ccccc3)O[C@@H]2S1. The number of ether oxygens (including phenoxy) is 4. The van der Waals surface area contributed by atoms with Crippen molar-refractivity contribution in [3.63, 3.8) is 0 Å². The predicted molar refractivity (Wildman–Crippen MR) is 152 cm³/mol. The summed E-state index contributed by atoms with van der Waals surface area (Å²) < 4.78 is 54.9. The Labute approximate surface area is 238 Å². The number of hydrogen-bond acceptors (Lipinski definition) is 7. The van der Waals surface area contributed by atoms with Crippen LogP contribution in [0, 0.1) is 0 Å². The molecule has 0 bridgehead atoms. The third-order valence-electron chi connectivity index (χ3n) is 6.78. The zero-order valence-corrected chi connectivity index (χ0v) is 23.4. The van der Waals surface area contributed by atoms with Crippen molar-refractivity contribution in [3.05, 3.63) is 108 Å². The maximum absolute atomic E-state index is 15.3. The molecule has 5 rings (SSSR count). The van der Waals surface area contributed by atoms with Crippen LogP contribution < -0.4 is 0 Å². The molecule has 3 aromatic rings. The molecule has 0 spiro atoms. The van der Waals surface area contributed by atoms with Gasteiger partial charge in [-0.05, 0) is 16.7 Å². The van der Waals surface area contributed by atoms with Gasteiger partial charge in [0.05, 0.1) is 32.3 Å². The van der Waals surface area contributed by atoms with Gasteiger partial charge in [0.1, 0.15) is 23.7 Å². The summed E-state index contributed by atoms with van der Waals surface area (Å²) in [6.07, 6.45) is -6.52. The Bertz CT molecular complexity index is 1230. The number of fused-ring (bicyclic) bond motifs is 1. The van der Waals surface area contributed by atoms with Gasteiger partial charge in [-0.1, -0.05) is 103 Å². The van der Waals surface area contributed by atoms with E-state index >= 15 is 8.78 Å². The zero-order chi connectivity index (χ0) is 28.0. The molecule has 6 nitrogen and oxygen atoms in total. The van der Waals surface area contributed by atoms with Gasteiger partial charge in [0, 0.05) is 14.1 Å². The molecule has 5 atom stereocenters. The number of thioether (sulfide) groups is 1. The Kier molecular flexibility index (Phi) is 9.49. The second-order valence-corrected chi connectivity index (χ2v) is 11.2. The van der Waals surface area contributed by atoms with E-state index in [1.807, 2.05) is 85.7 Å². The number of amidine groups is 1. The summed E-state index contributed by atoms with van der Waals surface area (Å²) in [6, 6.07) is 27.9. The summed E-state index contributed by atoms with van der Waals surface area (Å²) in [4.78, 5) is 6.77. The first-order valence-electron chi connectivity index (χ1n) is 13.3. The molecule has 3 aromatic carbocycles. The number of rotatable bonds is 11. The summed E-state index contributed by atoms with van der Waals surface area (Å²) in [6.45, 7) is 0.311. The second-order valence-electron chi connectivity index (χ2n) is 10.1. The van der Waals surface area contributed by atoms with E-state index in [1.165, 1.54) is 11.8 Å². The molecule has 40 heavy (non-hydrogen) atoms. The van der Waals surface area contributed by atoms with Gasteiger partial charge < -0.3 is 23.8 Å². The Hall–Kier alpha value is -2.82. The molecule has 1 fully saturated rings. The van der Waals surface area contributed by atoms with Gasteiger partial charge in [-0.25, -0.2) is 0 Å². The van der Waals surface area contributed by atoms with Crippen LogP contribution in [-0.2, 0) is 38.8 Å². The first-order valence-corrected chi connectivity index (χ1v) is 14.2. The van der Waals surface area contributed by atoms with Crippen LogP contribution in [0.15, 0.2) is 96.0 Å². The van der Waals surface area contributed by atoms with Crippen LogP contribution in [-0.4, -0.2) is 60.1 Å². The first-order chi connectivity index (χ1) is 19.4. The third-order valence-corrected chi connectivity index (χ3v) is 8.08. The quantitative estimate of drug-likeness (QED) is 0.278. The van der Waals surface area contributed by atoms with Gasteiger partial charge in [-0.3, -0.25) is 4.99 Å². The highest BCUT2D eigenvalue weighted by Crippen LogP contribution is 2.42. The number of benzene rings is 3. The summed E-state index contributed by atoms with van der Waals surface area (Å²) in [5.74, 6) is 0. The van der Waals surface area contributed by atoms with E-state index in [9.17, 15) is 0 Å². The van der Waals surface area contributed by atoms with Crippen LogP contribution in [0.5, 0.6) is 0 Å². The van der Waals surface area contributed by atoms with Crippen molar-refractivity contribution in [2.45, 2.75) is 62.1 Å². The summed E-state index contributed by atoms with van der Waals surface area (Å²) >= 11 is 1.42. The molecule has 0 saturated carbocycles. The Morgan fingerprint density at radius 2 is 1.27 bits per heavy atom. The average Bonchev–Trinajstić information content (AvgIpc) is 3.40. The van der Waals surface area contributed by atoms with Crippen LogP contribution >= 0.6 is 11.8 Å². The number of alkyl halides is 2. The lowest BCUT2D eigenvalue weighted by Gasteiger charge is -2.43. The van der Waals surface area contributed by atoms with E-state index in [4.69, 9.17) is 23.9 Å². The van der Waals surface area contributed by atoms with Crippen molar-refractivity contribution in [2.24, 2.45) is 4.99 Å². The number of nitrogens with zero attached hydrogens (tertiary/aromatic N) is 2. The number of halogens is 2. The molecule has 2 aliphatic heterocycles. The van der Waals surface area contributed by atoms with Gasteiger partial charge in [0.25, 0.3) is 0 Å². The topological polar surface area (TPSA) is 52.5 Å². The van der Waals surface area contributed by atoms with Gasteiger partial charge in [-0.15, -0.1) is 0 Å². The molecule has 212 valence electrons. The lowest BCUT2D eigenvalue weighted by atomic mass is 9.95. The Balaban J connectivity index is 1.39. The Morgan fingerprint density at radius 3 is 1.80 bits per heavy atom. The van der Waals surface area contributed by atoms with Crippen LogP contribution in [0.1, 0.15) is 23.1 Å². The fourth-order valence-corrected chi connectivity index (χ4v) is 5.91. The maximum atomic E-state index is 15.3. The Morgan fingerprint density at radius 1 is 0.775 bits per heavy atom. The third kappa shape index (κ3) is 7.47. The van der Waals surface area contributed by atoms with Crippen molar-refractivity contribution < 1.29 is 27.7 Å². The summed E-state index contributed by atoms with van der Waals surface area (Å²) in [5, 5.41) is 0.762. The lowest BCUT2D eigenvalue weighted by molar-refractivity contribution is -0.283. The van der Waals surface area contributed by atoms with Crippen molar-refractivity contribution in [3.8, 4) is 0 Å². The second kappa shape index (κ2) is 13.2. The van der Waals surface area contributed by atoms with Crippen molar-refractivity contribution in [2.75, 3.05) is 14.1 Å². The molecule has 0 amide bonds. The average molecular weight is 569 g/mol. The van der Waals surface area contributed by atoms with E-state index < -0.39 is 42.3 Å². The van der Waals surface area contributed by atoms with E-state index in [1.54, 1.807) is 24.3 Å². The van der Waals surface area contributed by atoms with E-state index in [2.05, 4.69) is 0 Å². The molecule has 2 heterocycles. The van der Waals surface area contributed by atoms with Gasteiger partial charge in [-0.2, -0.15) is 8.78 Å². The van der Waals surface area contributed by atoms with Crippen LogP contribution in [0.25, 0.3) is 0 Å². The fourth-order valence-electron chi connectivity index (χ4n) is 4.76. The molecule has 0 aliphatic carbocycles. The number of hydrogen-bond donors (Lipinski definition) is 0. The molecule has 0 radical (unpaired) electrons. The molecule has 0 N–H and O–H groups in total. The van der Waals surface area contributed by atoms with Gasteiger partial charge >= 0.3 is 6.11 Å². The van der Waals surface area contributed by atoms with Crippen molar-refractivity contribution in [1.29, 1.82) is 0 Å². The summed E-state index contributed by atoms with van der Waals surface area (Å²) in [7, 11) is 3.80. The van der Waals surface area contributed by atoms with E-state index in [0.29, 0.717) is 12.2 Å². The minimum Gasteiger partial charge on any atom is -0.368 e. The molecular formula is C31H34F2N2O4S. The van der Waals surface area contributed by atoms with Crippen LogP contribution in [0.3, 0.4) is 0 Å². The molecule has 2 aliphatic rings. The maximum Gasteiger partial charge on any atom is 0.358 e. The minimum absolute atomic E-state index is 0.210. The molecule has 1 saturated heterocycles. The molecule has 0 aromatic heterocycles. The predicted octanol–water partition coefficient (Wildman–Crippen LogP) is 6.11. The van der Waals surface area contributed by atoms with Gasteiger partial charge in [0.2, 0.25) is 0 Å². The molecule has 0 unspecified atom stereocenters. The highest BCUT2D eigenvalue weighted by atomic mass is 32.2. The minimum atomic E-state index is -3.44. The first kappa shape index (κ1) is 28.7. The van der Waals surface area contributed by atoms with Crippen molar-refractivity contribution >= 4 is 16.9 Å². The highest BCUT2D eigenvalue weighted by Gasteiger charge is 2.53. The lowest BCUT2D eigenvalue weighted by Crippen LogP contribution is -2.58. The van der Waals surface area contributed by atoms with Crippen LogP contribution in [0.4, 0.5) is 8.78 Å². The largest absolute Gasteiger partial charge is 0.368 e. The van der Waals surface area contributed by atoms with E-state index in [0.717, 1.165) is 16.3 Å². The number of aliphatic imine (C=N–C) groups is 1. The van der Waals surface area contributed by atoms with Gasteiger partial charge in [0.15, 0.2) is 5.17 Å². The normalized spacial score (nSPS) is 24.4. The van der Waals surface area contributed by atoms with Crippen molar-refractivity contribution in [1.82, 2.24) is 4.90 Å². The fraction of sp³-hybridized carbons (Fsp3) is 0.387. The van der Waals surface area contributed by atoms with Crippen LogP contribution in [0.2, 0.25) is 0 Å². The molecule has 9 heteroatoms.